The third-order valence-corrected chi connectivity index (χ3v) is 4.85. The third-order valence-electron chi connectivity index (χ3n) is 4.61. The van der Waals surface area contributed by atoms with Crippen molar-refractivity contribution in [3.8, 4) is 11.5 Å². The molecular formula is C19H19ClFNO2. The fourth-order valence-electron chi connectivity index (χ4n) is 3.38. The summed E-state index contributed by atoms with van der Waals surface area (Å²) < 4.78 is 26.3. The minimum Gasteiger partial charge on any atom is -0.485 e. The predicted octanol–water partition coefficient (Wildman–Crippen LogP) is 4.98. The molecule has 126 valence electrons. The second-order valence-corrected chi connectivity index (χ2v) is 6.67. The van der Waals surface area contributed by atoms with Gasteiger partial charge in [-0.05, 0) is 43.5 Å². The molecule has 5 heteroatoms. The highest BCUT2D eigenvalue weighted by Gasteiger charge is 2.28. The lowest BCUT2D eigenvalue weighted by Gasteiger charge is -2.34. The Morgan fingerprint density at radius 1 is 1.08 bits per heavy atom. The fourth-order valence-corrected chi connectivity index (χ4v) is 3.54. The first kappa shape index (κ1) is 15.6. The number of piperidine rings is 1. The van der Waals surface area contributed by atoms with Crippen LogP contribution in [0.1, 0.15) is 30.9 Å². The van der Waals surface area contributed by atoms with Crippen molar-refractivity contribution < 1.29 is 13.9 Å². The van der Waals surface area contributed by atoms with E-state index in [1.165, 1.54) is 25.3 Å². The van der Waals surface area contributed by atoms with Crippen LogP contribution in [0.25, 0.3) is 0 Å². The summed E-state index contributed by atoms with van der Waals surface area (Å²) in [4.78, 5) is 2.33. The van der Waals surface area contributed by atoms with Crippen molar-refractivity contribution in [3.05, 3.63) is 52.8 Å². The largest absolute Gasteiger partial charge is 0.485 e. The molecule has 0 amide bonds. The molecule has 0 radical (unpaired) electrons. The number of ether oxygens (including phenoxy) is 2. The van der Waals surface area contributed by atoms with E-state index in [1.807, 2.05) is 18.2 Å². The first-order chi connectivity index (χ1) is 11.7. The van der Waals surface area contributed by atoms with E-state index < -0.39 is 6.10 Å². The maximum Gasteiger partial charge on any atom is 0.185 e. The molecule has 24 heavy (non-hydrogen) atoms. The van der Waals surface area contributed by atoms with Gasteiger partial charge in [-0.2, -0.15) is 0 Å². The predicted molar refractivity (Wildman–Crippen MR) is 92.8 cm³/mol. The van der Waals surface area contributed by atoms with Gasteiger partial charge in [0.15, 0.2) is 17.6 Å². The summed E-state index contributed by atoms with van der Waals surface area (Å²) in [7, 11) is 0. The Hall–Kier alpha value is -1.94. The van der Waals surface area contributed by atoms with Crippen LogP contribution in [-0.2, 0) is 0 Å². The Morgan fingerprint density at radius 3 is 2.71 bits per heavy atom. The van der Waals surface area contributed by atoms with E-state index in [9.17, 15) is 4.39 Å². The Bertz CT molecular complexity index is 746. The standard InChI is InChI=1S/C19H19ClFNO2/c20-13-7-8-14(15(21)11-13)18-12-23-17-6-4-5-16(19(17)24-18)22-9-2-1-3-10-22/h4-8,11,18H,1-3,9-10,12H2. The highest BCUT2D eigenvalue weighted by atomic mass is 35.5. The normalized spacial score (nSPS) is 20.1. The van der Waals surface area contributed by atoms with Crippen LogP contribution >= 0.6 is 11.6 Å². The minimum absolute atomic E-state index is 0.287. The molecular weight excluding hydrogens is 329 g/mol. The van der Waals surface area contributed by atoms with Gasteiger partial charge >= 0.3 is 0 Å². The Labute approximate surface area is 145 Å². The molecule has 1 fully saturated rings. The average molecular weight is 348 g/mol. The molecule has 2 heterocycles. The number of fused-ring (bicyclic) bond motifs is 1. The number of hydrogen-bond donors (Lipinski definition) is 0. The summed E-state index contributed by atoms with van der Waals surface area (Å²) in [5.74, 6) is 1.07. The summed E-state index contributed by atoms with van der Waals surface area (Å²) in [6.45, 7) is 2.31. The highest BCUT2D eigenvalue weighted by molar-refractivity contribution is 6.30. The van der Waals surface area contributed by atoms with Gasteiger partial charge in [0.2, 0.25) is 0 Å². The van der Waals surface area contributed by atoms with E-state index >= 15 is 0 Å². The summed E-state index contributed by atoms with van der Waals surface area (Å²) >= 11 is 5.84. The van der Waals surface area contributed by atoms with Gasteiger partial charge in [0.25, 0.3) is 0 Å². The van der Waals surface area contributed by atoms with Crippen LogP contribution in [0.15, 0.2) is 36.4 Å². The van der Waals surface area contributed by atoms with Crippen molar-refractivity contribution in [3.63, 3.8) is 0 Å². The molecule has 4 rings (SSSR count). The van der Waals surface area contributed by atoms with Crippen LogP contribution in [-0.4, -0.2) is 19.7 Å². The molecule has 1 atom stereocenters. The topological polar surface area (TPSA) is 21.7 Å². The summed E-state index contributed by atoms with van der Waals surface area (Å²) in [5, 5.41) is 0.377. The molecule has 0 saturated carbocycles. The molecule has 3 nitrogen and oxygen atoms in total. The highest BCUT2D eigenvalue weighted by Crippen LogP contribution is 2.44. The van der Waals surface area contributed by atoms with Crippen LogP contribution in [0.2, 0.25) is 5.02 Å². The van der Waals surface area contributed by atoms with Gasteiger partial charge in [-0.3, -0.25) is 0 Å². The monoisotopic (exact) mass is 347 g/mol. The van der Waals surface area contributed by atoms with Gasteiger partial charge in [-0.25, -0.2) is 4.39 Å². The van der Waals surface area contributed by atoms with Crippen LogP contribution in [0.4, 0.5) is 10.1 Å². The lowest BCUT2D eigenvalue weighted by Crippen LogP contribution is -2.31. The SMILES string of the molecule is Fc1cc(Cl)ccc1C1COc2cccc(N3CCCCC3)c2O1. The van der Waals surface area contributed by atoms with Gasteiger partial charge in [-0.1, -0.05) is 23.7 Å². The van der Waals surface area contributed by atoms with Crippen molar-refractivity contribution in [1.29, 1.82) is 0 Å². The molecule has 2 aromatic carbocycles. The number of benzene rings is 2. The van der Waals surface area contributed by atoms with Crippen LogP contribution in [0.3, 0.4) is 0 Å². The van der Waals surface area contributed by atoms with Crippen LogP contribution < -0.4 is 14.4 Å². The molecule has 0 aromatic heterocycles. The second-order valence-electron chi connectivity index (χ2n) is 6.24. The van der Waals surface area contributed by atoms with Crippen molar-refractivity contribution in [1.82, 2.24) is 0 Å². The number of hydrogen-bond acceptors (Lipinski definition) is 3. The van der Waals surface area contributed by atoms with Gasteiger partial charge in [-0.15, -0.1) is 0 Å². The van der Waals surface area contributed by atoms with Gasteiger partial charge < -0.3 is 14.4 Å². The average Bonchev–Trinajstić information content (AvgIpc) is 2.61. The van der Waals surface area contributed by atoms with Crippen molar-refractivity contribution in [2.24, 2.45) is 0 Å². The zero-order chi connectivity index (χ0) is 16.5. The molecule has 0 spiro atoms. The summed E-state index contributed by atoms with van der Waals surface area (Å²) in [6.07, 6.45) is 3.15. The molecule has 0 bridgehead atoms. The van der Waals surface area contributed by atoms with Crippen molar-refractivity contribution in [2.75, 3.05) is 24.6 Å². The summed E-state index contributed by atoms with van der Waals surface area (Å²) in [5.41, 5.74) is 1.50. The van der Waals surface area contributed by atoms with E-state index in [1.54, 1.807) is 12.1 Å². The van der Waals surface area contributed by atoms with E-state index in [0.29, 0.717) is 16.3 Å². The van der Waals surface area contributed by atoms with Gasteiger partial charge in [0, 0.05) is 23.7 Å². The number of rotatable bonds is 2. The maximum atomic E-state index is 14.2. The Morgan fingerprint density at radius 2 is 1.92 bits per heavy atom. The van der Waals surface area contributed by atoms with Crippen molar-refractivity contribution >= 4 is 17.3 Å². The van der Waals surface area contributed by atoms with E-state index in [4.69, 9.17) is 21.1 Å². The Balaban J connectivity index is 1.66. The number of para-hydroxylation sites is 1. The molecule has 2 aliphatic heterocycles. The zero-order valence-corrected chi connectivity index (χ0v) is 14.1. The lowest BCUT2D eigenvalue weighted by molar-refractivity contribution is 0.0891. The molecule has 2 aliphatic rings. The molecule has 1 saturated heterocycles. The van der Waals surface area contributed by atoms with E-state index in [-0.39, 0.29) is 12.4 Å². The number of nitrogens with zero attached hydrogens (tertiary/aromatic N) is 1. The van der Waals surface area contributed by atoms with Gasteiger partial charge in [0.05, 0.1) is 5.69 Å². The first-order valence-electron chi connectivity index (χ1n) is 8.35. The molecule has 0 N–H and O–H groups in total. The van der Waals surface area contributed by atoms with E-state index in [0.717, 1.165) is 24.5 Å². The zero-order valence-electron chi connectivity index (χ0n) is 13.3. The molecule has 0 aliphatic carbocycles. The van der Waals surface area contributed by atoms with Crippen LogP contribution in [0.5, 0.6) is 11.5 Å². The number of halogens is 2. The number of anilines is 1. The van der Waals surface area contributed by atoms with Crippen LogP contribution in [0, 0.1) is 5.82 Å². The molecule has 1 unspecified atom stereocenters. The maximum absolute atomic E-state index is 14.2. The van der Waals surface area contributed by atoms with Crippen molar-refractivity contribution in [2.45, 2.75) is 25.4 Å². The van der Waals surface area contributed by atoms with Gasteiger partial charge in [0.1, 0.15) is 12.4 Å². The third kappa shape index (κ3) is 2.91. The lowest BCUT2D eigenvalue weighted by atomic mass is 10.1. The smallest absolute Gasteiger partial charge is 0.185 e. The quantitative estimate of drug-likeness (QED) is 0.764. The minimum atomic E-state index is -0.472. The Kier molecular flexibility index (Phi) is 4.23. The first-order valence-corrected chi connectivity index (χ1v) is 8.72. The second kappa shape index (κ2) is 6.52. The van der Waals surface area contributed by atoms with E-state index in [2.05, 4.69) is 4.90 Å². The fraction of sp³-hybridized carbons (Fsp3) is 0.368. The molecule has 2 aromatic rings. The summed E-state index contributed by atoms with van der Waals surface area (Å²) in [6, 6.07) is 10.6.